The molecule has 0 aromatic heterocycles. The number of rotatable bonds is 11. The molecule has 178 valence electrons. The Bertz CT molecular complexity index is 1220. The average molecular weight is 471 g/mol. The van der Waals surface area contributed by atoms with Crippen molar-refractivity contribution in [2.75, 3.05) is 13.7 Å². The van der Waals surface area contributed by atoms with Crippen LogP contribution in [0, 0.1) is 0 Å². The summed E-state index contributed by atoms with van der Waals surface area (Å²) in [6.07, 6.45) is 6.88. The summed E-state index contributed by atoms with van der Waals surface area (Å²) in [5, 5.41) is 3.95. The molecule has 3 aromatic carbocycles. The summed E-state index contributed by atoms with van der Waals surface area (Å²) in [5.41, 5.74) is 4.89. The SMILES string of the molecule is C=CCc1ccccc1OCC(=O)N/N=C/c1ccc(OC(=O)/C=C/c2ccccc2)c(OC)c1. The number of esters is 1. The van der Waals surface area contributed by atoms with Gasteiger partial charge in [0.1, 0.15) is 5.75 Å². The van der Waals surface area contributed by atoms with Gasteiger partial charge in [-0.2, -0.15) is 5.10 Å². The molecule has 7 heteroatoms. The average Bonchev–Trinajstić information content (AvgIpc) is 2.88. The summed E-state index contributed by atoms with van der Waals surface area (Å²) in [5.74, 6) is 0.305. The summed E-state index contributed by atoms with van der Waals surface area (Å²) in [6, 6.07) is 21.8. The summed E-state index contributed by atoms with van der Waals surface area (Å²) >= 11 is 0. The third-order valence-electron chi connectivity index (χ3n) is 4.71. The van der Waals surface area contributed by atoms with Gasteiger partial charge in [-0.25, -0.2) is 10.2 Å². The molecule has 0 bridgehead atoms. The molecule has 0 radical (unpaired) electrons. The molecule has 0 spiro atoms. The number of hydrazone groups is 1. The van der Waals surface area contributed by atoms with E-state index in [0.717, 1.165) is 11.1 Å². The van der Waals surface area contributed by atoms with Crippen molar-refractivity contribution in [2.24, 2.45) is 5.10 Å². The van der Waals surface area contributed by atoms with Crippen LogP contribution < -0.4 is 19.6 Å². The molecule has 7 nitrogen and oxygen atoms in total. The van der Waals surface area contributed by atoms with E-state index in [1.807, 2.05) is 48.5 Å². The van der Waals surface area contributed by atoms with Crippen LogP contribution in [0.15, 0.2) is 96.6 Å². The predicted molar refractivity (Wildman–Crippen MR) is 136 cm³/mol. The number of para-hydroxylation sites is 1. The number of hydrogen-bond donors (Lipinski definition) is 1. The van der Waals surface area contributed by atoms with E-state index in [1.54, 1.807) is 36.4 Å². The molecule has 0 atom stereocenters. The fourth-order valence-electron chi connectivity index (χ4n) is 3.04. The highest BCUT2D eigenvalue weighted by Crippen LogP contribution is 2.28. The molecular formula is C28H26N2O5. The van der Waals surface area contributed by atoms with Gasteiger partial charge in [-0.3, -0.25) is 4.79 Å². The largest absolute Gasteiger partial charge is 0.493 e. The highest BCUT2D eigenvalue weighted by molar-refractivity contribution is 5.89. The quantitative estimate of drug-likeness (QED) is 0.111. The van der Waals surface area contributed by atoms with Crippen molar-refractivity contribution in [3.05, 3.63) is 108 Å². The zero-order chi connectivity index (χ0) is 24.9. The number of carbonyl (C=O) groups is 2. The molecule has 0 aliphatic rings. The Morgan fingerprint density at radius 1 is 0.943 bits per heavy atom. The molecule has 0 aliphatic carbocycles. The monoisotopic (exact) mass is 470 g/mol. The normalized spacial score (nSPS) is 10.8. The van der Waals surface area contributed by atoms with E-state index in [1.165, 1.54) is 19.4 Å². The summed E-state index contributed by atoms with van der Waals surface area (Å²) in [7, 11) is 1.47. The van der Waals surface area contributed by atoms with Gasteiger partial charge in [-0.1, -0.05) is 54.6 Å². The second kappa shape index (κ2) is 13.2. The van der Waals surface area contributed by atoms with Crippen molar-refractivity contribution >= 4 is 24.2 Å². The van der Waals surface area contributed by atoms with Gasteiger partial charge in [0.2, 0.25) is 0 Å². The smallest absolute Gasteiger partial charge is 0.336 e. The van der Waals surface area contributed by atoms with Gasteiger partial charge in [0.15, 0.2) is 18.1 Å². The minimum absolute atomic E-state index is 0.180. The van der Waals surface area contributed by atoms with Gasteiger partial charge in [0, 0.05) is 6.08 Å². The van der Waals surface area contributed by atoms with Crippen LogP contribution in [0.2, 0.25) is 0 Å². The lowest BCUT2D eigenvalue weighted by Gasteiger charge is -2.09. The van der Waals surface area contributed by atoms with Crippen molar-refractivity contribution in [3.8, 4) is 17.2 Å². The Labute approximate surface area is 204 Å². The summed E-state index contributed by atoms with van der Waals surface area (Å²) < 4.78 is 16.3. The lowest BCUT2D eigenvalue weighted by Crippen LogP contribution is -2.24. The summed E-state index contributed by atoms with van der Waals surface area (Å²) in [4.78, 5) is 24.2. The van der Waals surface area contributed by atoms with E-state index in [0.29, 0.717) is 23.5 Å². The zero-order valence-electron chi connectivity index (χ0n) is 19.3. The number of allylic oxidation sites excluding steroid dienone is 1. The molecule has 1 N–H and O–H groups in total. The number of nitrogens with zero attached hydrogens (tertiary/aromatic N) is 1. The minimum Gasteiger partial charge on any atom is -0.493 e. The molecule has 3 rings (SSSR count). The highest BCUT2D eigenvalue weighted by Gasteiger charge is 2.09. The van der Waals surface area contributed by atoms with Crippen molar-refractivity contribution in [2.45, 2.75) is 6.42 Å². The first-order valence-electron chi connectivity index (χ1n) is 10.9. The van der Waals surface area contributed by atoms with Crippen LogP contribution in [0.1, 0.15) is 16.7 Å². The fourth-order valence-corrected chi connectivity index (χ4v) is 3.04. The predicted octanol–water partition coefficient (Wildman–Crippen LogP) is 4.57. The van der Waals surface area contributed by atoms with E-state index >= 15 is 0 Å². The van der Waals surface area contributed by atoms with Crippen molar-refractivity contribution < 1.29 is 23.8 Å². The van der Waals surface area contributed by atoms with Crippen molar-refractivity contribution in [1.29, 1.82) is 0 Å². The van der Waals surface area contributed by atoms with E-state index in [-0.39, 0.29) is 12.4 Å². The molecule has 0 fully saturated rings. The minimum atomic E-state index is -0.532. The maximum Gasteiger partial charge on any atom is 0.336 e. The molecule has 0 saturated heterocycles. The van der Waals surface area contributed by atoms with Crippen LogP contribution in [0.3, 0.4) is 0 Å². The Kier molecular flexibility index (Phi) is 9.39. The third-order valence-corrected chi connectivity index (χ3v) is 4.71. The first-order chi connectivity index (χ1) is 17.1. The molecule has 0 aliphatic heterocycles. The van der Waals surface area contributed by atoms with E-state index < -0.39 is 11.9 Å². The van der Waals surface area contributed by atoms with Gasteiger partial charge < -0.3 is 14.2 Å². The lowest BCUT2D eigenvalue weighted by molar-refractivity contribution is -0.129. The third kappa shape index (κ3) is 8.01. The lowest BCUT2D eigenvalue weighted by atomic mass is 10.1. The van der Waals surface area contributed by atoms with E-state index in [4.69, 9.17) is 14.2 Å². The first-order valence-corrected chi connectivity index (χ1v) is 10.9. The van der Waals surface area contributed by atoms with Crippen LogP contribution in [-0.4, -0.2) is 31.8 Å². The fraction of sp³-hybridized carbons (Fsp3) is 0.107. The Morgan fingerprint density at radius 2 is 1.71 bits per heavy atom. The first kappa shape index (κ1) is 25.0. The molecular weight excluding hydrogens is 444 g/mol. The second-order valence-corrected chi connectivity index (χ2v) is 7.26. The van der Waals surface area contributed by atoms with Gasteiger partial charge in [-0.05, 0) is 53.5 Å². The number of methoxy groups -OCH3 is 1. The molecule has 1 amide bonds. The van der Waals surface area contributed by atoms with Gasteiger partial charge in [0.25, 0.3) is 5.91 Å². The highest BCUT2D eigenvalue weighted by atomic mass is 16.6. The van der Waals surface area contributed by atoms with Crippen molar-refractivity contribution in [1.82, 2.24) is 5.43 Å². The molecule has 3 aromatic rings. The number of amides is 1. The van der Waals surface area contributed by atoms with Crippen molar-refractivity contribution in [3.63, 3.8) is 0 Å². The molecule has 0 saturated carbocycles. The van der Waals surface area contributed by atoms with Gasteiger partial charge >= 0.3 is 5.97 Å². The van der Waals surface area contributed by atoms with Crippen LogP contribution in [0.4, 0.5) is 0 Å². The number of ether oxygens (including phenoxy) is 3. The van der Waals surface area contributed by atoms with E-state index in [9.17, 15) is 9.59 Å². The molecule has 0 unspecified atom stereocenters. The van der Waals surface area contributed by atoms with Gasteiger partial charge in [-0.15, -0.1) is 6.58 Å². The number of hydrogen-bond acceptors (Lipinski definition) is 6. The van der Waals surface area contributed by atoms with Gasteiger partial charge in [0.05, 0.1) is 13.3 Å². The zero-order valence-corrected chi connectivity index (χ0v) is 19.3. The standard InChI is InChI=1S/C28H26N2O5/c1-3-9-23-12-7-8-13-24(23)34-20-27(31)30-29-19-22-14-16-25(26(18-22)33-2)35-28(32)17-15-21-10-5-4-6-11-21/h3-8,10-19H,1,9,20H2,2H3,(H,30,31)/b17-15+,29-19+. The van der Waals surface area contributed by atoms with E-state index in [2.05, 4.69) is 17.1 Å². The Morgan fingerprint density at radius 3 is 2.49 bits per heavy atom. The Hall–Kier alpha value is -4.65. The molecule has 35 heavy (non-hydrogen) atoms. The van der Waals surface area contributed by atoms with Crippen LogP contribution in [0.25, 0.3) is 6.08 Å². The van der Waals surface area contributed by atoms with Crippen LogP contribution in [0.5, 0.6) is 17.2 Å². The maximum absolute atomic E-state index is 12.2. The summed E-state index contributed by atoms with van der Waals surface area (Å²) in [6.45, 7) is 3.54. The topological polar surface area (TPSA) is 86.2 Å². The number of carbonyl (C=O) groups excluding carboxylic acids is 2. The second-order valence-electron chi connectivity index (χ2n) is 7.26. The molecule has 0 heterocycles. The maximum atomic E-state index is 12.2. The Balaban J connectivity index is 1.53. The number of benzene rings is 3. The van der Waals surface area contributed by atoms with Crippen LogP contribution >= 0.6 is 0 Å². The van der Waals surface area contributed by atoms with Crippen LogP contribution in [-0.2, 0) is 16.0 Å². The number of nitrogens with one attached hydrogen (secondary N) is 1.